The topological polar surface area (TPSA) is 36.4 Å². The maximum absolute atomic E-state index is 13.2. The van der Waals surface area contributed by atoms with E-state index in [0.29, 0.717) is 17.8 Å². The molecule has 4 heteroatoms. The van der Waals surface area contributed by atoms with Crippen LogP contribution in [0.1, 0.15) is 36.2 Å². The highest BCUT2D eigenvalue weighted by molar-refractivity contribution is 6.05. The highest BCUT2D eigenvalue weighted by atomic mass is 16.2. The third-order valence-electron chi connectivity index (χ3n) is 5.46. The molecule has 2 atom stereocenters. The Kier molecular flexibility index (Phi) is 3.77. The van der Waals surface area contributed by atoms with E-state index >= 15 is 0 Å². The van der Waals surface area contributed by atoms with Crippen molar-refractivity contribution in [2.75, 3.05) is 20.1 Å². The lowest BCUT2D eigenvalue weighted by atomic mass is 10.0. The zero-order valence-corrected chi connectivity index (χ0v) is 13.6. The lowest BCUT2D eigenvalue weighted by Gasteiger charge is -2.33. The van der Waals surface area contributed by atoms with Gasteiger partial charge in [0.05, 0.1) is 0 Å². The van der Waals surface area contributed by atoms with Gasteiger partial charge in [0.2, 0.25) is 0 Å². The average Bonchev–Trinajstić information content (AvgIpc) is 3.22. The highest BCUT2D eigenvalue weighted by Crippen LogP contribution is 2.30. The van der Waals surface area contributed by atoms with Crippen molar-refractivity contribution in [2.24, 2.45) is 0 Å². The third-order valence-corrected chi connectivity index (χ3v) is 5.46. The first-order valence-corrected chi connectivity index (χ1v) is 8.60. The van der Waals surface area contributed by atoms with Crippen LogP contribution in [0.3, 0.4) is 0 Å². The van der Waals surface area contributed by atoms with Crippen LogP contribution in [0, 0.1) is 0 Å². The minimum absolute atomic E-state index is 0.101. The number of carbonyl (C=O) groups excluding carboxylic acids is 1. The van der Waals surface area contributed by atoms with E-state index in [0.717, 1.165) is 36.7 Å². The van der Waals surface area contributed by atoms with Crippen LogP contribution in [0.2, 0.25) is 0 Å². The summed E-state index contributed by atoms with van der Waals surface area (Å²) in [6, 6.07) is 10.9. The maximum atomic E-state index is 13.2. The lowest BCUT2D eigenvalue weighted by molar-refractivity contribution is 0.0661. The molecule has 4 rings (SSSR count). The molecule has 2 aliphatic rings. The van der Waals surface area contributed by atoms with Crippen LogP contribution < -0.4 is 0 Å². The summed E-state index contributed by atoms with van der Waals surface area (Å²) < 4.78 is 0. The van der Waals surface area contributed by atoms with E-state index in [1.807, 2.05) is 30.3 Å². The van der Waals surface area contributed by atoms with Crippen LogP contribution in [-0.2, 0) is 0 Å². The molecule has 2 aromatic rings. The summed E-state index contributed by atoms with van der Waals surface area (Å²) >= 11 is 0. The van der Waals surface area contributed by atoms with Gasteiger partial charge in [-0.2, -0.15) is 0 Å². The summed E-state index contributed by atoms with van der Waals surface area (Å²) in [4.78, 5) is 22.1. The highest BCUT2D eigenvalue weighted by Gasteiger charge is 2.39. The van der Waals surface area contributed by atoms with E-state index in [1.165, 1.54) is 12.8 Å². The van der Waals surface area contributed by atoms with Gasteiger partial charge in [0.15, 0.2) is 0 Å². The Morgan fingerprint density at radius 3 is 2.70 bits per heavy atom. The zero-order valence-electron chi connectivity index (χ0n) is 13.6. The Hall–Kier alpha value is -1.94. The molecule has 4 nitrogen and oxygen atoms in total. The van der Waals surface area contributed by atoms with Crippen molar-refractivity contribution in [1.82, 2.24) is 14.8 Å². The molecule has 0 radical (unpaired) electrons. The second kappa shape index (κ2) is 5.93. The number of nitrogens with zero attached hydrogens (tertiary/aromatic N) is 3. The van der Waals surface area contributed by atoms with Gasteiger partial charge < -0.3 is 9.80 Å². The minimum atomic E-state index is 0.101. The number of likely N-dealkylation sites (N-methyl/N-ethyl adjacent to an activating group) is 1. The quantitative estimate of drug-likeness (QED) is 0.856. The van der Waals surface area contributed by atoms with Crippen molar-refractivity contribution in [3.8, 4) is 0 Å². The molecule has 2 saturated heterocycles. The summed E-state index contributed by atoms with van der Waals surface area (Å²) in [6.07, 6.45) is 6.42. The number of fused-ring (bicyclic) bond motifs is 1. The Morgan fingerprint density at radius 2 is 1.87 bits per heavy atom. The number of rotatable bonds is 2. The van der Waals surface area contributed by atoms with Gasteiger partial charge in [-0.25, -0.2) is 0 Å². The van der Waals surface area contributed by atoms with E-state index in [2.05, 4.69) is 21.8 Å². The van der Waals surface area contributed by atoms with Crippen molar-refractivity contribution in [3.63, 3.8) is 0 Å². The van der Waals surface area contributed by atoms with Crippen molar-refractivity contribution in [2.45, 2.75) is 37.8 Å². The number of carbonyl (C=O) groups is 1. The molecule has 3 heterocycles. The van der Waals surface area contributed by atoms with Gasteiger partial charge in [0, 0.05) is 30.2 Å². The fraction of sp³-hybridized carbons (Fsp3) is 0.474. The second-order valence-electron chi connectivity index (χ2n) is 6.78. The predicted molar refractivity (Wildman–Crippen MR) is 91.5 cm³/mol. The van der Waals surface area contributed by atoms with E-state index in [9.17, 15) is 4.79 Å². The number of aromatic nitrogens is 1. The lowest BCUT2D eigenvalue weighted by Crippen LogP contribution is -2.47. The third kappa shape index (κ3) is 2.51. The van der Waals surface area contributed by atoms with Crippen LogP contribution in [0.4, 0.5) is 0 Å². The van der Waals surface area contributed by atoms with Crippen LogP contribution in [-0.4, -0.2) is 52.9 Å². The van der Waals surface area contributed by atoms with Crippen molar-refractivity contribution < 1.29 is 4.79 Å². The second-order valence-corrected chi connectivity index (χ2v) is 6.78. The van der Waals surface area contributed by atoms with E-state index in [4.69, 9.17) is 0 Å². The summed E-state index contributed by atoms with van der Waals surface area (Å²) in [7, 11) is 2.19. The molecule has 2 fully saturated rings. The number of benzene rings is 1. The smallest absolute Gasteiger partial charge is 0.273 e. The molecule has 1 aromatic carbocycles. The Balaban J connectivity index is 1.67. The molecular weight excluding hydrogens is 286 g/mol. The van der Waals surface area contributed by atoms with Crippen LogP contribution in [0.5, 0.6) is 0 Å². The van der Waals surface area contributed by atoms with Crippen LogP contribution in [0.15, 0.2) is 36.5 Å². The molecule has 0 bridgehead atoms. The number of hydrogen-bond donors (Lipinski definition) is 0. The van der Waals surface area contributed by atoms with Gasteiger partial charge >= 0.3 is 0 Å². The van der Waals surface area contributed by atoms with Gasteiger partial charge in [-0.15, -0.1) is 0 Å². The number of hydrogen-bond acceptors (Lipinski definition) is 3. The van der Waals surface area contributed by atoms with Crippen LogP contribution in [0.25, 0.3) is 10.8 Å². The molecular formula is C19H23N3O. The minimum Gasteiger partial charge on any atom is -0.333 e. The van der Waals surface area contributed by atoms with Crippen molar-refractivity contribution >= 4 is 16.7 Å². The standard InChI is InChI=1S/C19H23N3O/c1-21-12-4-8-16(21)17-9-5-13-22(17)19(23)18-15-7-3-2-6-14(15)10-11-20-18/h2-3,6-7,10-11,16-17H,4-5,8-9,12-13H2,1H3/t16-,17-/m1/s1. The molecule has 0 aliphatic carbocycles. The Bertz CT molecular complexity index is 724. The molecule has 0 unspecified atom stereocenters. The molecule has 0 N–H and O–H groups in total. The van der Waals surface area contributed by atoms with Gasteiger partial charge in [0.25, 0.3) is 5.91 Å². The number of pyridine rings is 1. The maximum Gasteiger partial charge on any atom is 0.273 e. The summed E-state index contributed by atoms with van der Waals surface area (Å²) in [5.74, 6) is 0.101. The molecule has 2 aliphatic heterocycles. The number of likely N-dealkylation sites (tertiary alicyclic amines) is 2. The predicted octanol–water partition coefficient (Wildman–Crippen LogP) is 2.93. The Morgan fingerprint density at radius 1 is 1.09 bits per heavy atom. The monoisotopic (exact) mass is 309 g/mol. The van der Waals surface area contributed by atoms with Gasteiger partial charge in [-0.3, -0.25) is 9.78 Å². The Labute approximate surface area is 137 Å². The van der Waals surface area contributed by atoms with E-state index in [1.54, 1.807) is 6.20 Å². The summed E-state index contributed by atoms with van der Waals surface area (Å²) in [5, 5.41) is 2.05. The first-order valence-electron chi connectivity index (χ1n) is 8.60. The van der Waals surface area contributed by atoms with Crippen molar-refractivity contribution in [1.29, 1.82) is 0 Å². The molecule has 0 spiro atoms. The largest absolute Gasteiger partial charge is 0.333 e. The van der Waals surface area contributed by atoms with E-state index in [-0.39, 0.29) is 5.91 Å². The van der Waals surface area contributed by atoms with Crippen molar-refractivity contribution in [3.05, 3.63) is 42.2 Å². The zero-order chi connectivity index (χ0) is 15.8. The number of amides is 1. The van der Waals surface area contributed by atoms with E-state index < -0.39 is 0 Å². The molecule has 1 amide bonds. The first kappa shape index (κ1) is 14.6. The molecule has 0 saturated carbocycles. The first-order chi connectivity index (χ1) is 11.3. The van der Waals surface area contributed by atoms with Gasteiger partial charge in [-0.05, 0) is 50.7 Å². The molecule has 23 heavy (non-hydrogen) atoms. The van der Waals surface area contributed by atoms with Gasteiger partial charge in [0.1, 0.15) is 5.69 Å². The van der Waals surface area contributed by atoms with Gasteiger partial charge in [-0.1, -0.05) is 24.3 Å². The summed E-state index contributed by atoms with van der Waals surface area (Å²) in [6.45, 7) is 2.01. The van der Waals surface area contributed by atoms with Crippen LogP contribution >= 0.6 is 0 Å². The summed E-state index contributed by atoms with van der Waals surface area (Å²) in [5.41, 5.74) is 0.607. The normalized spacial score (nSPS) is 25.3. The molecule has 1 aromatic heterocycles. The average molecular weight is 309 g/mol. The molecule has 120 valence electrons. The SMILES string of the molecule is CN1CCC[C@@H]1[C@H]1CCCN1C(=O)c1nccc2ccccc12. The fourth-order valence-corrected chi connectivity index (χ4v) is 4.29. The fourth-order valence-electron chi connectivity index (χ4n) is 4.29.